The molecule has 0 amide bonds. The summed E-state index contributed by atoms with van der Waals surface area (Å²) in [5, 5.41) is 9.07. The molecular formula is C15H18O4. The molecule has 0 aromatic heterocycles. The summed E-state index contributed by atoms with van der Waals surface area (Å²) >= 11 is 0. The van der Waals surface area contributed by atoms with Gasteiger partial charge in [0, 0.05) is 23.5 Å². The molecule has 0 bridgehead atoms. The first kappa shape index (κ1) is 12.3. The van der Waals surface area contributed by atoms with Crippen LogP contribution in [0, 0.1) is 5.92 Å². The Kier molecular flexibility index (Phi) is 2.88. The van der Waals surface area contributed by atoms with Crippen molar-refractivity contribution in [3.63, 3.8) is 0 Å². The molecule has 1 aliphatic carbocycles. The van der Waals surface area contributed by atoms with Gasteiger partial charge in [0.25, 0.3) is 0 Å². The fraction of sp³-hybridized carbons (Fsp3) is 0.533. The third kappa shape index (κ3) is 2.15. The smallest absolute Gasteiger partial charge is 0.307 e. The number of benzene rings is 1. The van der Waals surface area contributed by atoms with Gasteiger partial charge < -0.3 is 14.6 Å². The van der Waals surface area contributed by atoms with Crippen LogP contribution in [0.25, 0.3) is 0 Å². The van der Waals surface area contributed by atoms with Crippen molar-refractivity contribution >= 4 is 5.97 Å². The van der Waals surface area contributed by atoms with Gasteiger partial charge in [-0.1, -0.05) is 0 Å². The lowest BCUT2D eigenvalue weighted by Gasteiger charge is -2.12. The zero-order valence-corrected chi connectivity index (χ0v) is 11.2. The highest BCUT2D eigenvalue weighted by molar-refractivity contribution is 5.76. The molecule has 1 aromatic carbocycles. The lowest BCUT2D eigenvalue weighted by molar-refractivity contribution is -0.138. The van der Waals surface area contributed by atoms with Crippen molar-refractivity contribution in [2.45, 2.75) is 38.7 Å². The second kappa shape index (κ2) is 4.44. The molecule has 4 heteroatoms. The van der Waals surface area contributed by atoms with E-state index in [9.17, 15) is 4.79 Å². The average molecular weight is 262 g/mol. The van der Waals surface area contributed by atoms with Gasteiger partial charge >= 0.3 is 5.97 Å². The topological polar surface area (TPSA) is 55.8 Å². The van der Waals surface area contributed by atoms with Crippen molar-refractivity contribution in [3.05, 3.63) is 23.3 Å². The molecule has 3 atom stereocenters. The van der Waals surface area contributed by atoms with Crippen LogP contribution < -0.4 is 9.47 Å². The van der Waals surface area contributed by atoms with Crippen molar-refractivity contribution in [2.75, 3.05) is 6.61 Å². The lowest BCUT2D eigenvalue weighted by atomic mass is 10.0. The van der Waals surface area contributed by atoms with Crippen molar-refractivity contribution < 1.29 is 19.4 Å². The van der Waals surface area contributed by atoms with Crippen molar-refractivity contribution in [1.82, 2.24) is 0 Å². The quantitative estimate of drug-likeness (QED) is 0.906. The molecule has 0 unspecified atom stereocenters. The maximum atomic E-state index is 11.0. The average Bonchev–Trinajstić information content (AvgIpc) is 3.05. The summed E-state index contributed by atoms with van der Waals surface area (Å²) in [5.41, 5.74) is 2.15. The van der Waals surface area contributed by atoms with E-state index in [-0.39, 0.29) is 17.9 Å². The highest BCUT2D eigenvalue weighted by Crippen LogP contribution is 2.52. The number of hydrogen-bond acceptors (Lipinski definition) is 3. The van der Waals surface area contributed by atoms with Crippen LogP contribution in [-0.2, 0) is 11.2 Å². The van der Waals surface area contributed by atoms with Gasteiger partial charge in [0.1, 0.15) is 17.6 Å². The Morgan fingerprint density at radius 3 is 2.95 bits per heavy atom. The minimum absolute atomic E-state index is 0.0730. The third-order valence-electron chi connectivity index (χ3n) is 3.84. The highest BCUT2D eigenvalue weighted by atomic mass is 16.5. The van der Waals surface area contributed by atoms with Crippen LogP contribution in [0.3, 0.4) is 0 Å². The Hall–Kier alpha value is -1.71. The maximum absolute atomic E-state index is 11.0. The summed E-state index contributed by atoms with van der Waals surface area (Å²) in [7, 11) is 0. The predicted octanol–water partition coefficient (Wildman–Crippen LogP) is 2.60. The highest BCUT2D eigenvalue weighted by Gasteiger charge is 2.46. The van der Waals surface area contributed by atoms with Crippen molar-refractivity contribution in [2.24, 2.45) is 5.92 Å². The molecule has 3 rings (SSSR count). The zero-order valence-electron chi connectivity index (χ0n) is 11.2. The lowest BCUT2D eigenvalue weighted by Crippen LogP contribution is -2.05. The molecular weight excluding hydrogens is 244 g/mol. The van der Waals surface area contributed by atoms with Gasteiger partial charge in [0.2, 0.25) is 0 Å². The maximum Gasteiger partial charge on any atom is 0.307 e. The molecule has 1 heterocycles. The van der Waals surface area contributed by atoms with E-state index >= 15 is 0 Å². The van der Waals surface area contributed by atoms with Gasteiger partial charge in [-0.25, -0.2) is 0 Å². The normalized spacial score (nSPS) is 27.6. The van der Waals surface area contributed by atoms with E-state index in [0.717, 1.165) is 29.0 Å². The Morgan fingerprint density at radius 2 is 2.32 bits per heavy atom. The van der Waals surface area contributed by atoms with Crippen LogP contribution >= 0.6 is 0 Å². The van der Waals surface area contributed by atoms with E-state index in [2.05, 4.69) is 0 Å². The monoisotopic (exact) mass is 262 g/mol. The molecule has 1 saturated carbocycles. The number of hydrogen-bond donors (Lipinski definition) is 1. The van der Waals surface area contributed by atoms with Crippen molar-refractivity contribution in [1.29, 1.82) is 0 Å². The van der Waals surface area contributed by atoms with Gasteiger partial charge in [-0.3, -0.25) is 4.79 Å². The summed E-state index contributed by atoms with van der Waals surface area (Å²) in [5.74, 6) is 0.803. The first-order valence-electron chi connectivity index (χ1n) is 6.79. The predicted molar refractivity (Wildman–Crippen MR) is 69.9 cm³/mol. The molecule has 1 aromatic rings. The number of fused-ring (bicyclic) bond motifs is 1. The number of ether oxygens (including phenoxy) is 2. The van der Waals surface area contributed by atoms with Gasteiger partial charge in [-0.05, 0) is 32.4 Å². The SMILES string of the molecule is CCOc1cc2c(cc1[C@H]1C[C@H]1C(=O)O)O[C@H](C)C2. The second-order valence-corrected chi connectivity index (χ2v) is 5.35. The molecule has 4 nitrogen and oxygen atoms in total. The molecule has 0 saturated heterocycles. The standard InChI is InChI=1S/C15H18O4/c1-3-18-14-5-9-4-8(2)19-13(9)7-11(14)10-6-12(10)15(16)17/h5,7-8,10,12H,3-4,6H2,1-2H3,(H,16,17)/t8-,10-,12-/m1/s1. The summed E-state index contributed by atoms with van der Waals surface area (Å²) < 4.78 is 11.4. The summed E-state index contributed by atoms with van der Waals surface area (Å²) in [6.07, 6.45) is 1.78. The molecule has 19 heavy (non-hydrogen) atoms. The largest absolute Gasteiger partial charge is 0.494 e. The van der Waals surface area contributed by atoms with Crippen LogP contribution in [0.2, 0.25) is 0 Å². The fourth-order valence-corrected chi connectivity index (χ4v) is 2.84. The van der Waals surface area contributed by atoms with Crippen LogP contribution in [0.15, 0.2) is 12.1 Å². The molecule has 0 radical (unpaired) electrons. The van der Waals surface area contributed by atoms with E-state index in [1.54, 1.807) is 0 Å². The minimum Gasteiger partial charge on any atom is -0.494 e. The summed E-state index contributed by atoms with van der Waals surface area (Å²) in [6.45, 7) is 4.57. The molecule has 1 N–H and O–H groups in total. The van der Waals surface area contributed by atoms with Crippen molar-refractivity contribution in [3.8, 4) is 11.5 Å². The molecule has 102 valence electrons. The number of carboxylic acids is 1. The van der Waals surface area contributed by atoms with Gasteiger partial charge in [0.05, 0.1) is 12.5 Å². The molecule has 1 aliphatic heterocycles. The van der Waals surface area contributed by atoms with Gasteiger partial charge in [-0.2, -0.15) is 0 Å². The van der Waals surface area contributed by atoms with Crippen LogP contribution in [0.1, 0.15) is 37.3 Å². The minimum atomic E-state index is -0.720. The van der Waals surface area contributed by atoms with E-state index in [0.29, 0.717) is 13.0 Å². The van der Waals surface area contributed by atoms with E-state index < -0.39 is 5.97 Å². The van der Waals surface area contributed by atoms with Crippen LogP contribution in [0.4, 0.5) is 0 Å². The Balaban J connectivity index is 1.94. The fourth-order valence-electron chi connectivity index (χ4n) is 2.84. The van der Waals surface area contributed by atoms with Crippen LogP contribution in [0.5, 0.6) is 11.5 Å². The second-order valence-electron chi connectivity index (χ2n) is 5.35. The summed E-state index contributed by atoms with van der Waals surface area (Å²) in [4.78, 5) is 11.0. The van der Waals surface area contributed by atoms with Crippen LogP contribution in [-0.4, -0.2) is 23.8 Å². The molecule has 1 fully saturated rings. The Bertz CT molecular complexity index is 523. The van der Waals surface area contributed by atoms with E-state index in [4.69, 9.17) is 14.6 Å². The number of aliphatic carboxylic acids is 1. The molecule has 2 aliphatic rings. The number of rotatable bonds is 4. The zero-order chi connectivity index (χ0) is 13.6. The first-order valence-corrected chi connectivity index (χ1v) is 6.79. The van der Waals surface area contributed by atoms with E-state index in [1.165, 1.54) is 0 Å². The first-order chi connectivity index (χ1) is 9.10. The Morgan fingerprint density at radius 1 is 1.53 bits per heavy atom. The third-order valence-corrected chi connectivity index (χ3v) is 3.84. The number of carbonyl (C=O) groups is 1. The molecule has 0 spiro atoms. The van der Waals surface area contributed by atoms with E-state index in [1.807, 2.05) is 26.0 Å². The number of carboxylic acid groups (broad SMARTS) is 1. The Labute approximate surface area is 112 Å². The van der Waals surface area contributed by atoms with Gasteiger partial charge in [-0.15, -0.1) is 0 Å². The van der Waals surface area contributed by atoms with Gasteiger partial charge in [0.15, 0.2) is 0 Å². The summed E-state index contributed by atoms with van der Waals surface area (Å²) in [6, 6.07) is 4.01.